The molecular weight excluding hydrogens is 1490 g/mol. The molecule has 1 saturated heterocycles. The first-order chi connectivity index (χ1) is 40.5. The third-order valence-corrected chi connectivity index (χ3v) is 26.0. The van der Waals surface area contributed by atoms with Gasteiger partial charge in [-0.25, -0.2) is 4.79 Å². The molecule has 7 aromatic rings. The Bertz CT molecular complexity index is 3700. The van der Waals surface area contributed by atoms with Crippen LogP contribution in [0.5, 0.6) is 28.7 Å². The number of nitrogens with one attached hydrogen (secondary N) is 1. The normalized spacial score (nSPS) is 12.2. The summed E-state index contributed by atoms with van der Waals surface area (Å²) in [5.74, 6) is 3.44. The van der Waals surface area contributed by atoms with E-state index in [0.717, 1.165) is 32.6 Å². The minimum absolute atomic E-state index is 0. The second-order valence-corrected chi connectivity index (χ2v) is 33.8. The van der Waals surface area contributed by atoms with Crippen LogP contribution >= 0.6 is 58.4 Å². The molecule has 1 aliphatic rings. The van der Waals surface area contributed by atoms with Gasteiger partial charge in [0.2, 0.25) is 0 Å². The molecule has 0 radical (unpaired) electrons. The Morgan fingerprint density at radius 2 is 1.12 bits per heavy atom. The van der Waals surface area contributed by atoms with Crippen LogP contribution in [0, 0.1) is 21.7 Å². The van der Waals surface area contributed by atoms with Crippen LogP contribution in [0.1, 0.15) is 67.9 Å². The number of carbonyl (C=O) groups is 6. The average Bonchev–Trinajstić information content (AvgIpc) is 3.18. The Morgan fingerprint density at radius 1 is 0.693 bits per heavy atom. The zero-order chi connectivity index (χ0) is 63.8. The molecule has 88 heavy (non-hydrogen) atoms. The van der Waals surface area contributed by atoms with E-state index in [4.69, 9.17) is 37.3 Å². The number of ether oxygens (including phenoxy) is 4. The molecule has 0 atom stereocenters. The minimum Gasteiger partial charge on any atom is -0.508 e. The van der Waals surface area contributed by atoms with Crippen LogP contribution in [0.2, 0.25) is 27.1 Å². The van der Waals surface area contributed by atoms with Crippen molar-refractivity contribution in [3.05, 3.63) is 153 Å². The van der Waals surface area contributed by atoms with E-state index in [1.54, 1.807) is 95.1 Å². The van der Waals surface area contributed by atoms with Gasteiger partial charge in [-0.3, -0.25) is 0 Å². The summed E-state index contributed by atoms with van der Waals surface area (Å²) in [5.41, 5.74) is -1.12. The molecule has 4 aromatic carbocycles. The van der Waals surface area contributed by atoms with E-state index in [-0.39, 0.29) is 89.6 Å². The van der Waals surface area contributed by atoms with Crippen LogP contribution in [0.15, 0.2) is 143 Å². The Hall–Kier alpha value is -5.10. The van der Waals surface area contributed by atoms with Crippen molar-refractivity contribution in [2.45, 2.75) is 89.4 Å². The summed E-state index contributed by atoms with van der Waals surface area (Å²) in [6, 6.07) is 28.5. The summed E-state index contributed by atoms with van der Waals surface area (Å²) in [7, 11) is 3.27. The van der Waals surface area contributed by atoms with Crippen LogP contribution in [-0.4, -0.2) is 109 Å². The fourth-order valence-corrected chi connectivity index (χ4v) is 21.0. The first-order valence-electron chi connectivity index (χ1n) is 26.0. The van der Waals surface area contributed by atoms with Crippen LogP contribution in [0.4, 0.5) is 0 Å². The zero-order valence-electron chi connectivity index (χ0n) is 49.9. The molecule has 1 aliphatic heterocycles. The monoisotopic (exact) mass is 1570 g/mol. The number of amides is 1. The van der Waals surface area contributed by atoms with Gasteiger partial charge in [-0.1, -0.05) is 0 Å². The largest absolute Gasteiger partial charge is 0.508 e. The predicted molar refractivity (Wildman–Crippen MR) is 366 cm³/mol. The molecule has 1 fully saturated rings. The molecule has 18 nitrogen and oxygen atoms in total. The number of hydrogen-bond donors (Lipinski definition) is 3. The van der Waals surface area contributed by atoms with Gasteiger partial charge in [0, 0.05) is 17.5 Å². The van der Waals surface area contributed by atoms with Gasteiger partial charge in [-0.05, 0) is 18.2 Å². The summed E-state index contributed by atoms with van der Waals surface area (Å²) in [6.07, 6.45) is 1.55. The summed E-state index contributed by atoms with van der Waals surface area (Å²) in [6.45, 7) is 21.2. The number of fused-ring (bicyclic) bond motifs is 3. The van der Waals surface area contributed by atoms with Crippen molar-refractivity contribution in [2.75, 3.05) is 12.3 Å². The van der Waals surface area contributed by atoms with Gasteiger partial charge in [0.05, 0.1) is 0 Å². The van der Waals surface area contributed by atoms with E-state index in [2.05, 4.69) is 28.8 Å². The van der Waals surface area contributed by atoms with E-state index < -0.39 is 33.1 Å². The third-order valence-electron chi connectivity index (χ3n) is 11.6. The molecule has 2 N–H and O–H groups in total. The molecule has 1 amide bonds. The number of phenolic OH excluding ortho intramolecular Hbond substituents is 1. The van der Waals surface area contributed by atoms with Gasteiger partial charge in [0.15, 0.2) is 0 Å². The van der Waals surface area contributed by atoms with Crippen LogP contribution in [-0.2, 0) is 28.8 Å². The Balaban J connectivity index is 0.000000388. The van der Waals surface area contributed by atoms with Crippen molar-refractivity contribution in [3.63, 3.8) is 0 Å². The second-order valence-electron chi connectivity index (χ2n) is 21.1. The number of benzene rings is 4. The van der Waals surface area contributed by atoms with Crippen molar-refractivity contribution < 1.29 is 66.1 Å². The molecule has 8 rings (SSSR count). The number of phenols is 1. The van der Waals surface area contributed by atoms with E-state index in [1.807, 2.05) is 55.4 Å². The van der Waals surface area contributed by atoms with Gasteiger partial charge in [-0.2, -0.15) is 27.0 Å². The molecule has 0 saturated carbocycles. The number of aromatic hydroxyl groups is 1. The quantitative estimate of drug-likeness (QED) is 0.0129. The van der Waals surface area contributed by atoms with E-state index in [0.29, 0.717) is 103 Å². The maximum absolute atomic E-state index is 12.5. The maximum Gasteiger partial charge on any atom is 0.336 e. The predicted octanol–water partition coefficient (Wildman–Crippen LogP) is 11.3. The first kappa shape index (κ1) is 79.0. The average molecular weight is 1570 g/mol. The Morgan fingerprint density at radius 3 is 1.53 bits per heavy atom. The number of esters is 3. The van der Waals surface area contributed by atoms with Gasteiger partial charge in [-0.15, -0.1) is 0 Å². The van der Waals surface area contributed by atoms with Gasteiger partial charge < -0.3 is 9.52 Å². The molecule has 3 aromatic heterocycles. The van der Waals surface area contributed by atoms with E-state index in [1.165, 1.54) is 47.4 Å². The number of rotatable bonds is 19. The fourth-order valence-electron chi connectivity index (χ4n) is 6.51. The van der Waals surface area contributed by atoms with Crippen molar-refractivity contribution in [1.29, 1.82) is 0 Å². The minimum atomic E-state index is -0.618. The molecule has 0 aliphatic carbocycles. The SMILES string of the molecule is C=Cc1ccc(OC(=O)C(C)(C)C[Se]S)cc1OC=O.CC(=O)NCCS[Se]CC(C)(C)C(=O)Oc1ccc2ccc(=O)oc2c1.CC1(C)C[Se]SC1=O.C[Se]CC(C)(C)C(=O)Oc1ccc2ccc(=O)oc2c1.O=c1ccc2ccc(O)cc2o1.S.S. The van der Waals surface area contributed by atoms with E-state index >= 15 is 0 Å². The standard InChI is InChI=1S/C18H21NO5SSe.C15H16O4Se.C14H16O4SSe.C9H6O3.C5H8OSSe.2H2S/c1-12(20)19-8-9-25-26-11-18(2,3)17(22)23-14-6-4-13-5-7-16(21)24-15(13)10-14;1-15(2,9-20-3)14(17)18-11-6-4-10-5-7-13(16)19-12(10)8-11;1-4-10-5-6-11(7-12(10)17-9-15)18-13(16)14(2,3)8-20-19;10-7-3-1-6-2-4-9(11)12-8(6)5-7;1-5(2)3-8-7-4(5)6;;/h4-7,10H,8-9,11H2,1-3H3,(H,19,20);4-8H,9H2,1-3H3;4-7,9,19H,1,8H2,2-3H3;1-5,10H;3H2,1-2H3;2*1H2. The fraction of sp³-hybridized carbons (Fsp3) is 0.328. The van der Waals surface area contributed by atoms with Crippen LogP contribution < -0.4 is 41.1 Å². The first-order valence-corrected chi connectivity index (χ1v) is 41.0. The Kier molecular flexibility index (Phi) is 34.0. The smallest absolute Gasteiger partial charge is 0.336 e. The number of hydrogen-bond acceptors (Lipinski definition) is 20. The third kappa shape index (κ3) is 26.4. The van der Waals surface area contributed by atoms with Crippen LogP contribution in [0.3, 0.4) is 0 Å². The molecule has 0 bridgehead atoms. The summed E-state index contributed by atoms with van der Waals surface area (Å²) in [4.78, 5) is 102. The maximum atomic E-state index is 12.5. The van der Waals surface area contributed by atoms with Crippen molar-refractivity contribution in [1.82, 2.24) is 5.32 Å². The van der Waals surface area contributed by atoms with Crippen molar-refractivity contribution in [2.24, 2.45) is 21.7 Å². The van der Waals surface area contributed by atoms with Crippen molar-refractivity contribution >= 4 is 189 Å². The summed E-state index contributed by atoms with van der Waals surface area (Å²) < 4.78 is 36.0. The van der Waals surface area contributed by atoms with E-state index in [9.17, 15) is 43.2 Å². The zero-order valence-corrected chi connectivity index (χ0v) is 61.3. The Labute approximate surface area is 560 Å². The van der Waals surface area contributed by atoms with Gasteiger partial charge in [0.25, 0.3) is 0 Å². The number of carbonyl (C=O) groups excluding carboxylic acids is 6. The van der Waals surface area contributed by atoms with Gasteiger partial charge in [0.1, 0.15) is 11.3 Å². The molecule has 27 heteroatoms. The molecule has 0 unspecified atom stereocenters. The molecule has 0 spiro atoms. The topological polar surface area (TPSA) is 262 Å². The van der Waals surface area contributed by atoms with Crippen LogP contribution in [0.25, 0.3) is 39.0 Å². The number of thiol groups is 1. The summed E-state index contributed by atoms with van der Waals surface area (Å²) in [5, 5.41) is 17.9. The molecule has 4 heterocycles. The second kappa shape index (κ2) is 37.9. The molecule has 476 valence electrons. The van der Waals surface area contributed by atoms with Gasteiger partial charge >= 0.3 is 477 Å². The molecular formula is C61H71NO17S5Se4. The van der Waals surface area contributed by atoms with Crippen molar-refractivity contribution in [3.8, 4) is 28.7 Å². The summed E-state index contributed by atoms with van der Waals surface area (Å²) >= 11 is 5.42.